The van der Waals surface area contributed by atoms with Gasteiger partial charge < -0.3 is 19.8 Å². The summed E-state index contributed by atoms with van der Waals surface area (Å²) in [4.78, 5) is 29.3. The second kappa shape index (κ2) is 10.2. The highest BCUT2D eigenvalue weighted by molar-refractivity contribution is 6.00. The van der Waals surface area contributed by atoms with Crippen LogP contribution in [0.5, 0.6) is 0 Å². The summed E-state index contributed by atoms with van der Waals surface area (Å²) >= 11 is 0. The van der Waals surface area contributed by atoms with E-state index >= 15 is 0 Å². The number of carbonyl (C=O) groups excluding carboxylic acids is 2. The molecule has 0 aromatic carbocycles. The predicted octanol–water partition coefficient (Wildman–Crippen LogP) is 6.60. The third kappa shape index (κ3) is 4.01. The number of nitrogens with zero attached hydrogens (tertiary/aromatic N) is 1. The Morgan fingerprint density at radius 3 is 2.34 bits per heavy atom. The minimum absolute atomic E-state index is 0.0153. The van der Waals surface area contributed by atoms with E-state index in [1.165, 1.54) is 6.42 Å². The van der Waals surface area contributed by atoms with Gasteiger partial charge in [0, 0.05) is 34.3 Å². The van der Waals surface area contributed by atoms with E-state index in [0.29, 0.717) is 37.7 Å². The molecular formula is C35H53NO5. The van der Waals surface area contributed by atoms with Crippen LogP contribution in [-0.4, -0.2) is 58.4 Å². The van der Waals surface area contributed by atoms with Gasteiger partial charge in [0.1, 0.15) is 0 Å². The van der Waals surface area contributed by atoms with Crippen LogP contribution in [0.2, 0.25) is 0 Å². The molecule has 1 unspecified atom stereocenters. The van der Waals surface area contributed by atoms with Crippen molar-refractivity contribution in [2.45, 2.75) is 123 Å². The van der Waals surface area contributed by atoms with Crippen molar-refractivity contribution >= 4 is 11.9 Å². The van der Waals surface area contributed by atoms with Crippen LogP contribution in [0.4, 0.5) is 4.79 Å². The van der Waals surface area contributed by atoms with Crippen LogP contribution >= 0.6 is 0 Å². The van der Waals surface area contributed by atoms with Crippen molar-refractivity contribution in [1.29, 1.82) is 0 Å². The number of ether oxygens (including phenoxy) is 1. The zero-order valence-corrected chi connectivity index (χ0v) is 25.9. The minimum Gasteiger partial charge on any atom is -0.450 e. The first-order valence-corrected chi connectivity index (χ1v) is 16.8. The molecule has 0 heterocycles. The summed E-state index contributed by atoms with van der Waals surface area (Å²) in [5, 5.41) is 23.5. The topological polar surface area (TPSA) is 87.1 Å². The molecule has 228 valence electrons. The summed E-state index contributed by atoms with van der Waals surface area (Å²) in [5.74, 6) is 0.879. The van der Waals surface area contributed by atoms with E-state index in [0.717, 1.165) is 69.8 Å². The predicted molar refractivity (Wildman–Crippen MR) is 159 cm³/mol. The molecule has 8 atom stereocenters. The normalized spacial score (nSPS) is 44.9. The number of Topliss-reactive ketones (excluding diaryl/α,β-unsaturated/α-hetero) is 1. The van der Waals surface area contributed by atoms with E-state index in [1.54, 1.807) is 4.90 Å². The van der Waals surface area contributed by atoms with Gasteiger partial charge in [0.25, 0.3) is 0 Å². The van der Waals surface area contributed by atoms with Crippen LogP contribution in [0.3, 0.4) is 0 Å². The fourth-order valence-electron chi connectivity index (χ4n) is 11.2. The number of fused-ring (bicyclic) bond motifs is 1. The van der Waals surface area contributed by atoms with E-state index in [4.69, 9.17) is 4.74 Å². The zero-order chi connectivity index (χ0) is 29.3. The van der Waals surface area contributed by atoms with Crippen molar-refractivity contribution in [1.82, 2.24) is 4.90 Å². The monoisotopic (exact) mass is 567 g/mol. The van der Waals surface area contributed by atoms with Crippen molar-refractivity contribution in [2.24, 2.45) is 39.4 Å². The van der Waals surface area contributed by atoms with Crippen LogP contribution in [0.1, 0.15) is 111 Å². The maximum atomic E-state index is 14.6. The molecule has 2 N–H and O–H groups in total. The smallest absolute Gasteiger partial charge is 0.409 e. The van der Waals surface area contributed by atoms with Crippen LogP contribution in [0, 0.1) is 39.4 Å². The van der Waals surface area contributed by atoms with Gasteiger partial charge in [0.05, 0.1) is 24.9 Å². The largest absolute Gasteiger partial charge is 0.450 e. The minimum atomic E-state index is -1.04. The Balaban J connectivity index is 1.43. The first-order valence-electron chi connectivity index (χ1n) is 16.8. The molecule has 0 saturated heterocycles. The molecule has 4 fully saturated rings. The number of hydrogen-bond donors (Lipinski definition) is 2. The third-order valence-corrected chi connectivity index (χ3v) is 13.4. The molecule has 6 heteroatoms. The molecule has 1 amide bonds. The SMILES string of the molecule is CCCN(C[C@]1(O)CC[C@H]2[C@]34C=C[C@@]5(C=C3C(=O)C3CCCCC3)CC(O)CC[C@]5(C)[C@H]4CC[C@@]21C)C(=O)OCC. The molecule has 0 aromatic heterocycles. The molecule has 41 heavy (non-hydrogen) atoms. The van der Waals surface area contributed by atoms with Crippen LogP contribution in [0.15, 0.2) is 23.8 Å². The fourth-order valence-corrected chi connectivity index (χ4v) is 11.2. The first kappa shape index (κ1) is 29.4. The summed E-state index contributed by atoms with van der Waals surface area (Å²) in [6.45, 7) is 9.73. The van der Waals surface area contributed by atoms with Crippen LogP contribution in [0.25, 0.3) is 0 Å². The number of aliphatic hydroxyl groups is 2. The van der Waals surface area contributed by atoms with Gasteiger partial charge in [-0.3, -0.25) is 4.79 Å². The molecule has 7 aliphatic carbocycles. The van der Waals surface area contributed by atoms with Gasteiger partial charge in [-0.2, -0.15) is 0 Å². The summed E-state index contributed by atoms with van der Waals surface area (Å²) in [7, 11) is 0. The molecule has 0 aromatic rings. The quantitative estimate of drug-likeness (QED) is 0.339. The van der Waals surface area contributed by atoms with Crippen molar-refractivity contribution in [3.8, 4) is 0 Å². The van der Waals surface area contributed by atoms with Gasteiger partial charge >= 0.3 is 6.09 Å². The van der Waals surface area contributed by atoms with E-state index in [9.17, 15) is 19.8 Å². The third-order valence-electron chi connectivity index (χ3n) is 13.4. The van der Waals surface area contributed by atoms with Gasteiger partial charge in [-0.25, -0.2) is 4.79 Å². The van der Waals surface area contributed by atoms with E-state index in [-0.39, 0.29) is 41.4 Å². The molecule has 4 saturated carbocycles. The highest BCUT2D eigenvalue weighted by atomic mass is 16.6. The number of allylic oxidation sites excluding steroid dienone is 4. The van der Waals surface area contributed by atoms with Gasteiger partial charge in [-0.05, 0) is 88.4 Å². The number of ketones is 1. The van der Waals surface area contributed by atoms with Gasteiger partial charge in [-0.15, -0.1) is 0 Å². The van der Waals surface area contributed by atoms with Gasteiger partial charge in [0.15, 0.2) is 5.78 Å². The maximum Gasteiger partial charge on any atom is 0.409 e. The molecule has 2 bridgehead atoms. The number of hydrogen-bond acceptors (Lipinski definition) is 5. The zero-order valence-electron chi connectivity index (χ0n) is 25.9. The summed E-state index contributed by atoms with van der Waals surface area (Å²) in [6.07, 6.45) is 18.5. The number of amides is 1. The standard InChI is InChI=1S/C35H53NO5/c1-5-20-36(30(39)41-6-2)23-34(40)17-14-28-32(34,4)16-13-27-31(3)15-12-25(37)21-33(31)18-19-35(27,28)26(22-33)29(38)24-10-8-7-9-11-24/h18-19,22,24-25,27-28,37,40H,5-17,20-21,23H2,1-4H3/t25?,27-,28-,31-,32+,33+,34-,35-/m1/s1. The van der Waals surface area contributed by atoms with Gasteiger partial charge in [-0.1, -0.05) is 58.3 Å². The van der Waals surface area contributed by atoms with Crippen molar-refractivity contribution in [3.05, 3.63) is 23.8 Å². The summed E-state index contributed by atoms with van der Waals surface area (Å²) < 4.78 is 5.40. The Bertz CT molecular complexity index is 1130. The molecule has 7 rings (SSSR count). The second-order valence-electron chi connectivity index (χ2n) is 15.1. The van der Waals surface area contributed by atoms with E-state index in [2.05, 4.69) is 39.0 Å². The summed E-state index contributed by atoms with van der Waals surface area (Å²) in [5.41, 5.74) is -1.15. The Labute approximate surface area is 247 Å². The average Bonchev–Trinajstić information content (AvgIpc) is 3.23. The summed E-state index contributed by atoms with van der Waals surface area (Å²) in [6, 6.07) is 0. The highest BCUT2D eigenvalue weighted by Crippen LogP contribution is 2.78. The first-order chi connectivity index (χ1) is 19.5. The van der Waals surface area contributed by atoms with Crippen molar-refractivity contribution in [2.75, 3.05) is 19.7 Å². The Morgan fingerprint density at radius 1 is 0.951 bits per heavy atom. The molecule has 2 spiro atoms. The molecular weight excluding hydrogens is 514 g/mol. The molecule has 6 nitrogen and oxygen atoms in total. The van der Waals surface area contributed by atoms with E-state index in [1.807, 2.05) is 6.92 Å². The van der Waals surface area contributed by atoms with Crippen LogP contribution < -0.4 is 0 Å². The lowest BCUT2D eigenvalue weighted by molar-refractivity contribution is -0.178. The molecule has 0 aliphatic heterocycles. The fraction of sp³-hybridized carbons (Fsp3) is 0.829. The Hall–Kier alpha value is -1.66. The lowest BCUT2D eigenvalue weighted by atomic mass is 9.32. The van der Waals surface area contributed by atoms with Crippen molar-refractivity contribution in [3.63, 3.8) is 0 Å². The molecule has 7 aliphatic rings. The van der Waals surface area contributed by atoms with Crippen LogP contribution in [-0.2, 0) is 9.53 Å². The number of carbonyl (C=O) groups is 2. The lowest BCUT2D eigenvalue weighted by Crippen LogP contribution is -2.67. The number of aliphatic hydroxyl groups excluding tert-OH is 1. The highest BCUT2D eigenvalue weighted by Gasteiger charge is 2.74. The lowest BCUT2D eigenvalue weighted by Gasteiger charge is -2.71. The average molecular weight is 568 g/mol. The Morgan fingerprint density at radius 2 is 1.63 bits per heavy atom. The van der Waals surface area contributed by atoms with Crippen molar-refractivity contribution < 1.29 is 24.5 Å². The van der Waals surface area contributed by atoms with Gasteiger partial charge in [0.2, 0.25) is 0 Å². The second-order valence-corrected chi connectivity index (χ2v) is 15.1. The maximum absolute atomic E-state index is 14.6. The molecule has 0 radical (unpaired) electrons. The number of rotatable bonds is 7. The van der Waals surface area contributed by atoms with E-state index < -0.39 is 16.4 Å². The Kier molecular flexibility index (Phi) is 7.33.